The Morgan fingerprint density at radius 3 is 2.27 bits per heavy atom. The van der Waals surface area contributed by atoms with Crippen LogP contribution in [0.4, 0.5) is 11.4 Å². The van der Waals surface area contributed by atoms with E-state index >= 15 is 0 Å². The van der Waals surface area contributed by atoms with Crippen molar-refractivity contribution >= 4 is 23.2 Å². The van der Waals surface area contributed by atoms with Gasteiger partial charge in [-0.2, -0.15) is 0 Å². The van der Waals surface area contributed by atoms with E-state index in [0.717, 1.165) is 30.1 Å². The van der Waals surface area contributed by atoms with Gasteiger partial charge in [0.25, 0.3) is 5.91 Å². The van der Waals surface area contributed by atoms with Gasteiger partial charge in [0, 0.05) is 31.7 Å². The van der Waals surface area contributed by atoms with Crippen LogP contribution in [0.1, 0.15) is 64.4 Å². The number of carbonyl (C=O) groups is 2. The molecule has 1 fully saturated rings. The van der Waals surface area contributed by atoms with Crippen LogP contribution in [0.3, 0.4) is 0 Å². The summed E-state index contributed by atoms with van der Waals surface area (Å²) in [6.45, 7) is 16.3. The minimum Gasteiger partial charge on any atom is -0.488 e. The summed E-state index contributed by atoms with van der Waals surface area (Å²) < 4.78 is 11.8. The van der Waals surface area contributed by atoms with Gasteiger partial charge in [0.1, 0.15) is 17.4 Å². The van der Waals surface area contributed by atoms with E-state index in [1.807, 2.05) is 63.2 Å². The molecule has 200 valence electrons. The van der Waals surface area contributed by atoms with Gasteiger partial charge in [-0.15, -0.1) is 0 Å². The predicted octanol–water partition coefficient (Wildman–Crippen LogP) is 5.14. The first-order valence-corrected chi connectivity index (χ1v) is 13.3. The van der Waals surface area contributed by atoms with E-state index in [4.69, 9.17) is 9.47 Å². The van der Waals surface area contributed by atoms with Gasteiger partial charge >= 0.3 is 0 Å². The van der Waals surface area contributed by atoms with Crippen molar-refractivity contribution < 1.29 is 19.1 Å². The molecular formula is C30H41N3O4. The largest absolute Gasteiger partial charge is 0.488 e. The molecule has 1 N–H and O–H groups in total. The van der Waals surface area contributed by atoms with Crippen molar-refractivity contribution in [3.8, 4) is 5.75 Å². The SMILES string of the molecule is CC(C)CN1C(=O)c2cc(N3CC(C)OC(C)C3)ccc2NC(=O)[C@@H]1Cc1ccc(OC(C)(C)C)cc1. The van der Waals surface area contributed by atoms with Gasteiger partial charge in [0.2, 0.25) is 5.91 Å². The molecule has 37 heavy (non-hydrogen) atoms. The molecule has 7 nitrogen and oxygen atoms in total. The normalized spacial score (nSPS) is 22.5. The lowest BCUT2D eigenvalue weighted by atomic mass is 10.0. The molecule has 2 aromatic carbocycles. The quantitative estimate of drug-likeness (QED) is 0.586. The number of hydrogen-bond acceptors (Lipinski definition) is 5. The van der Waals surface area contributed by atoms with Crippen molar-refractivity contribution in [2.24, 2.45) is 5.92 Å². The lowest BCUT2D eigenvalue weighted by molar-refractivity contribution is -0.120. The van der Waals surface area contributed by atoms with Crippen LogP contribution in [0.25, 0.3) is 0 Å². The Hall–Kier alpha value is -3.06. The lowest BCUT2D eigenvalue weighted by Gasteiger charge is -2.37. The van der Waals surface area contributed by atoms with Crippen LogP contribution in [0.2, 0.25) is 0 Å². The van der Waals surface area contributed by atoms with Crippen molar-refractivity contribution in [3.63, 3.8) is 0 Å². The molecule has 0 bridgehead atoms. The van der Waals surface area contributed by atoms with E-state index < -0.39 is 6.04 Å². The minimum atomic E-state index is -0.608. The zero-order valence-corrected chi connectivity index (χ0v) is 23.2. The molecule has 2 aromatic rings. The molecule has 0 spiro atoms. The molecule has 1 saturated heterocycles. The van der Waals surface area contributed by atoms with Crippen LogP contribution < -0.4 is 15.0 Å². The van der Waals surface area contributed by atoms with E-state index in [0.29, 0.717) is 24.2 Å². The van der Waals surface area contributed by atoms with Gasteiger partial charge in [-0.3, -0.25) is 9.59 Å². The minimum absolute atomic E-state index is 0.111. The first kappa shape index (κ1) is 27.0. The second-order valence-electron chi connectivity index (χ2n) is 11.8. The number of ether oxygens (including phenoxy) is 2. The standard InChI is InChI=1S/C30H41N3O4/c1-19(2)16-33-27(14-22-8-11-24(12-9-22)37-30(5,6)7)28(34)31-26-13-10-23(15-25(26)29(33)35)32-17-20(3)36-21(4)18-32/h8-13,15,19-21,27H,14,16-18H2,1-7H3,(H,31,34)/t20?,21?,27-/m0/s1. The molecule has 0 aliphatic carbocycles. The maximum absolute atomic E-state index is 14.0. The summed E-state index contributed by atoms with van der Waals surface area (Å²) in [4.78, 5) is 31.5. The highest BCUT2D eigenvalue weighted by Gasteiger charge is 2.36. The third-order valence-corrected chi connectivity index (χ3v) is 6.55. The highest BCUT2D eigenvalue weighted by atomic mass is 16.5. The summed E-state index contributed by atoms with van der Waals surface area (Å²) in [5.74, 6) is 0.718. The second-order valence-corrected chi connectivity index (χ2v) is 11.8. The summed E-state index contributed by atoms with van der Waals surface area (Å²) in [6.07, 6.45) is 0.652. The van der Waals surface area contributed by atoms with Crippen molar-refractivity contribution in [1.29, 1.82) is 0 Å². The third-order valence-electron chi connectivity index (χ3n) is 6.55. The molecule has 2 aliphatic heterocycles. The van der Waals surface area contributed by atoms with E-state index in [-0.39, 0.29) is 35.5 Å². The zero-order valence-electron chi connectivity index (χ0n) is 23.2. The molecule has 2 aliphatic rings. The van der Waals surface area contributed by atoms with Gasteiger partial charge in [-0.05, 0) is 76.4 Å². The van der Waals surface area contributed by atoms with Crippen LogP contribution in [0.5, 0.6) is 5.75 Å². The summed E-state index contributed by atoms with van der Waals surface area (Å²) in [5, 5.41) is 3.05. The average Bonchev–Trinajstić information content (AvgIpc) is 2.88. The molecule has 4 rings (SSSR count). The topological polar surface area (TPSA) is 71.1 Å². The zero-order chi connectivity index (χ0) is 26.9. The highest BCUT2D eigenvalue weighted by molar-refractivity contribution is 6.10. The van der Waals surface area contributed by atoms with E-state index in [2.05, 4.69) is 37.9 Å². The van der Waals surface area contributed by atoms with E-state index in [1.54, 1.807) is 4.90 Å². The number of benzene rings is 2. The Labute approximate surface area is 221 Å². The number of morpholine rings is 1. The number of anilines is 2. The van der Waals surface area contributed by atoms with Crippen molar-refractivity contribution in [1.82, 2.24) is 4.90 Å². The van der Waals surface area contributed by atoms with Gasteiger partial charge in [-0.25, -0.2) is 0 Å². The number of fused-ring (bicyclic) bond motifs is 1. The van der Waals surface area contributed by atoms with Crippen LogP contribution in [-0.4, -0.2) is 60.2 Å². The molecule has 0 saturated carbocycles. The number of carbonyl (C=O) groups excluding carboxylic acids is 2. The number of nitrogens with one attached hydrogen (secondary N) is 1. The Morgan fingerprint density at radius 1 is 1.03 bits per heavy atom. The molecule has 2 amide bonds. The summed E-state index contributed by atoms with van der Waals surface area (Å²) in [7, 11) is 0. The van der Waals surface area contributed by atoms with Crippen molar-refractivity contribution in [2.45, 2.75) is 78.7 Å². The van der Waals surface area contributed by atoms with E-state index in [1.165, 1.54) is 0 Å². The lowest BCUT2D eigenvalue weighted by Crippen LogP contribution is -2.48. The first-order valence-electron chi connectivity index (χ1n) is 13.3. The Balaban J connectivity index is 1.62. The Kier molecular flexibility index (Phi) is 7.83. The number of amides is 2. The first-order chi connectivity index (χ1) is 17.4. The smallest absolute Gasteiger partial charge is 0.256 e. The maximum Gasteiger partial charge on any atom is 0.256 e. The Bertz CT molecular complexity index is 1110. The molecule has 2 heterocycles. The maximum atomic E-state index is 14.0. The average molecular weight is 508 g/mol. The van der Waals surface area contributed by atoms with Gasteiger partial charge in [0.15, 0.2) is 0 Å². The van der Waals surface area contributed by atoms with Gasteiger partial charge < -0.3 is 24.6 Å². The van der Waals surface area contributed by atoms with Crippen LogP contribution in [0.15, 0.2) is 42.5 Å². The number of rotatable bonds is 6. The van der Waals surface area contributed by atoms with Gasteiger partial charge in [0.05, 0.1) is 23.5 Å². The summed E-state index contributed by atoms with van der Waals surface area (Å²) >= 11 is 0. The van der Waals surface area contributed by atoms with E-state index in [9.17, 15) is 9.59 Å². The van der Waals surface area contributed by atoms with Crippen molar-refractivity contribution in [2.75, 3.05) is 29.9 Å². The molecule has 0 radical (unpaired) electrons. The summed E-state index contributed by atoms with van der Waals surface area (Å²) in [6, 6.07) is 13.0. The highest BCUT2D eigenvalue weighted by Crippen LogP contribution is 2.31. The van der Waals surface area contributed by atoms with Crippen LogP contribution in [-0.2, 0) is 16.0 Å². The fourth-order valence-electron chi connectivity index (χ4n) is 5.13. The molecule has 0 aromatic heterocycles. The Morgan fingerprint density at radius 2 is 1.68 bits per heavy atom. The summed E-state index contributed by atoms with van der Waals surface area (Å²) in [5.41, 5.74) is 2.77. The number of hydrogen-bond donors (Lipinski definition) is 1. The monoisotopic (exact) mass is 507 g/mol. The molecular weight excluding hydrogens is 466 g/mol. The predicted molar refractivity (Wildman–Crippen MR) is 147 cm³/mol. The van der Waals surface area contributed by atoms with Crippen LogP contribution in [0, 0.1) is 5.92 Å². The van der Waals surface area contributed by atoms with Gasteiger partial charge in [-0.1, -0.05) is 26.0 Å². The number of nitrogens with zero attached hydrogens (tertiary/aromatic N) is 2. The fraction of sp³-hybridized carbons (Fsp3) is 0.533. The fourth-order valence-corrected chi connectivity index (χ4v) is 5.13. The molecule has 7 heteroatoms. The molecule has 2 unspecified atom stereocenters. The van der Waals surface area contributed by atoms with Crippen molar-refractivity contribution in [3.05, 3.63) is 53.6 Å². The van der Waals surface area contributed by atoms with Crippen LogP contribution >= 0.6 is 0 Å². The second kappa shape index (κ2) is 10.7. The third kappa shape index (κ3) is 6.63. The molecule has 3 atom stereocenters.